The standard InChI is InChI=1S/C43H32N2/c1-43(2)36-19-11-12-20-38(36)44(33-24-21-30(22-25-33)29-13-5-3-6-14-29)41-27-35-40(28-37(41)43)45(32-16-7-4-8-17-32)39-26-23-31-15-9-10-18-34(31)42(35)39/h3-28H,1-2H3. The lowest BCUT2D eigenvalue weighted by atomic mass is 9.73. The van der Waals surface area contributed by atoms with Crippen molar-refractivity contribution in [1.29, 1.82) is 0 Å². The van der Waals surface area contributed by atoms with E-state index in [1.54, 1.807) is 0 Å². The van der Waals surface area contributed by atoms with Gasteiger partial charge in [0.05, 0.1) is 22.4 Å². The van der Waals surface area contributed by atoms with E-state index in [9.17, 15) is 0 Å². The zero-order valence-electron chi connectivity index (χ0n) is 25.4. The quantitative estimate of drug-likeness (QED) is 0.203. The molecule has 214 valence electrons. The fourth-order valence-corrected chi connectivity index (χ4v) is 7.55. The summed E-state index contributed by atoms with van der Waals surface area (Å²) in [6.07, 6.45) is 0. The van der Waals surface area contributed by atoms with Crippen LogP contribution in [-0.2, 0) is 5.41 Å². The maximum Gasteiger partial charge on any atom is 0.0547 e. The first kappa shape index (κ1) is 25.9. The summed E-state index contributed by atoms with van der Waals surface area (Å²) in [5.41, 5.74) is 12.2. The van der Waals surface area contributed by atoms with E-state index in [0.717, 1.165) is 5.69 Å². The molecular formula is C43H32N2. The van der Waals surface area contributed by atoms with Gasteiger partial charge >= 0.3 is 0 Å². The number of hydrogen-bond donors (Lipinski definition) is 0. The summed E-state index contributed by atoms with van der Waals surface area (Å²) in [4.78, 5) is 2.47. The summed E-state index contributed by atoms with van der Waals surface area (Å²) < 4.78 is 2.45. The average Bonchev–Trinajstić information content (AvgIpc) is 3.43. The molecule has 0 unspecified atom stereocenters. The predicted molar refractivity (Wildman–Crippen MR) is 191 cm³/mol. The summed E-state index contributed by atoms with van der Waals surface area (Å²) in [5, 5.41) is 5.11. The van der Waals surface area contributed by atoms with Crippen molar-refractivity contribution in [3.63, 3.8) is 0 Å². The molecule has 0 aliphatic carbocycles. The molecule has 0 atom stereocenters. The molecule has 0 saturated heterocycles. The Balaban J connectivity index is 1.37. The molecule has 9 rings (SSSR count). The number of hydrogen-bond acceptors (Lipinski definition) is 1. The first-order chi connectivity index (χ1) is 22.1. The molecule has 0 amide bonds. The van der Waals surface area contributed by atoms with E-state index < -0.39 is 0 Å². The molecule has 0 spiro atoms. The van der Waals surface area contributed by atoms with Crippen LogP contribution in [0.5, 0.6) is 0 Å². The zero-order valence-corrected chi connectivity index (χ0v) is 25.4. The highest BCUT2D eigenvalue weighted by atomic mass is 15.2. The van der Waals surface area contributed by atoms with Gasteiger partial charge in [0.15, 0.2) is 0 Å². The second-order valence-electron chi connectivity index (χ2n) is 12.6. The summed E-state index contributed by atoms with van der Waals surface area (Å²) in [5.74, 6) is 0. The number of anilines is 3. The summed E-state index contributed by atoms with van der Waals surface area (Å²) >= 11 is 0. The Hall–Kier alpha value is -5.60. The van der Waals surface area contributed by atoms with Crippen LogP contribution in [0.2, 0.25) is 0 Å². The first-order valence-electron chi connectivity index (χ1n) is 15.7. The van der Waals surface area contributed by atoms with Gasteiger partial charge in [0, 0.05) is 27.6 Å². The van der Waals surface area contributed by atoms with Crippen LogP contribution in [0.4, 0.5) is 17.1 Å². The molecule has 2 nitrogen and oxygen atoms in total. The van der Waals surface area contributed by atoms with E-state index in [2.05, 4.69) is 181 Å². The van der Waals surface area contributed by atoms with E-state index in [1.807, 2.05) is 0 Å². The highest BCUT2D eigenvalue weighted by molar-refractivity contribution is 6.22. The molecule has 0 fully saturated rings. The average molecular weight is 577 g/mol. The van der Waals surface area contributed by atoms with Crippen molar-refractivity contribution in [2.24, 2.45) is 0 Å². The molecule has 7 aromatic carbocycles. The molecule has 0 saturated carbocycles. The van der Waals surface area contributed by atoms with Crippen molar-refractivity contribution in [2.75, 3.05) is 4.90 Å². The number of rotatable bonds is 3. The van der Waals surface area contributed by atoms with Crippen molar-refractivity contribution in [1.82, 2.24) is 4.57 Å². The van der Waals surface area contributed by atoms with Gasteiger partial charge in [-0.15, -0.1) is 0 Å². The van der Waals surface area contributed by atoms with Gasteiger partial charge in [-0.1, -0.05) is 123 Å². The van der Waals surface area contributed by atoms with E-state index in [0.29, 0.717) is 0 Å². The van der Waals surface area contributed by atoms with Gasteiger partial charge in [0.25, 0.3) is 0 Å². The Morgan fingerprint density at radius 3 is 1.91 bits per heavy atom. The highest BCUT2D eigenvalue weighted by Crippen LogP contribution is 2.54. The van der Waals surface area contributed by atoms with Crippen molar-refractivity contribution in [2.45, 2.75) is 19.3 Å². The van der Waals surface area contributed by atoms with E-state index in [-0.39, 0.29) is 5.41 Å². The molecular weight excluding hydrogens is 544 g/mol. The van der Waals surface area contributed by atoms with Gasteiger partial charge in [-0.3, -0.25) is 0 Å². The molecule has 0 N–H and O–H groups in total. The summed E-state index contributed by atoms with van der Waals surface area (Å²) in [6, 6.07) is 57.6. The molecule has 1 aliphatic rings. The monoisotopic (exact) mass is 576 g/mol. The van der Waals surface area contributed by atoms with Gasteiger partial charge in [-0.25, -0.2) is 0 Å². The Labute approximate surface area is 263 Å². The maximum absolute atomic E-state index is 2.47. The van der Waals surface area contributed by atoms with E-state index in [1.165, 1.54) is 71.9 Å². The minimum atomic E-state index is -0.194. The van der Waals surface area contributed by atoms with Crippen LogP contribution in [0.15, 0.2) is 158 Å². The summed E-state index contributed by atoms with van der Waals surface area (Å²) in [6.45, 7) is 4.74. The third-order valence-corrected chi connectivity index (χ3v) is 9.75. The number of nitrogens with zero attached hydrogens (tertiary/aromatic N) is 2. The lowest BCUT2D eigenvalue weighted by Gasteiger charge is -2.42. The third-order valence-electron chi connectivity index (χ3n) is 9.75. The van der Waals surface area contributed by atoms with E-state index in [4.69, 9.17) is 0 Å². The van der Waals surface area contributed by atoms with Gasteiger partial charge in [-0.05, 0) is 81.6 Å². The molecule has 0 bridgehead atoms. The predicted octanol–water partition coefficient (Wildman–Crippen LogP) is 11.7. The van der Waals surface area contributed by atoms with Crippen molar-refractivity contribution < 1.29 is 0 Å². The van der Waals surface area contributed by atoms with Crippen molar-refractivity contribution in [3.8, 4) is 16.8 Å². The minimum absolute atomic E-state index is 0.194. The van der Waals surface area contributed by atoms with Crippen LogP contribution < -0.4 is 4.90 Å². The maximum atomic E-state index is 2.47. The highest BCUT2D eigenvalue weighted by Gasteiger charge is 2.37. The summed E-state index contributed by atoms with van der Waals surface area (Å²) in [7, 11) is 0. The zero-order chi connectivity index (χ0) is 30.1. The van der Waals surface area contributed by atoms with Crippen LogP contribution in [0, 0.1) is 0 Å². The SMILES string of the molecule is CC1(C)c2ccccc2N(c2ccc(-c3ccccc3)cc2)c2cc3c4c5ccccc5ccc4n(-c4ccccc4)c3cc21. The van der Waals surface area contributed by atoms with E-state index >= 15 is 0 Å². The Kier molecular flexibility index (Phi) is 5.58. The van der Waals surface area contributed by atoms with Crippen LogP contribution in [0.1, 0.15) is 25.0 Å². The number of aromatic nitrogens is 1. The smallest absolute Gasteiger partial charge is 0.0547 e. The molecule has 2 heteroatoms. The van der Waals surface area contributed by atoms with Crippen LogP contribution in [0.25, 0.3) is 49.4 Å². The third kappa shape index (κ3) is 3.82. The van der Waals surface area contributed by atoms with Crippen LogP contribution >= 0.6 is 0 Å². The Morgan fingerprint density at radius 1 is 0.444 bits per heavy atom. The number of para-hydroxylation sites is 2. The molecule has 2 heterocycles. The van der Waals surface area contributed by atoms with Gasteiger partial charge in [0.2, 0.25) is 0 Å². The molecule has 1 aromatic heterocycles. The largest absolute Gasteiger partial charge is 0.310 e. The van der Waals surface area contributed by atoms with Crippen molar-refractivity contribution in [3.05, 3.63) is 169 Å². The lowest BCUT2D eigenvalue weighted by Crippen LogP contribution is -2.30. The minimum Gasteiger partial charge on any atom is -0.310 e. The second kappa shape index (κ2) is 9.70. The number of benzene rings is 7. The molecule has 45 heavy (non-hydrogen) atoms. The molecule has 0 radical (unpaired) electrons. The topological polar surface area (TPSA) is 8.17 Å². The second-order valence-corrected chi connectivity index (χ2v) is 12.6. The molecule has 1 aliphatic heterocycles. The van der Waals surface area contributed by atoms with Crippen molar-refractivity contribution >= 4 is 49.6 Å². The normalized spacial score (nSPS) is 13.7. The molecule has 8 aromatic rings. The fourth-order valence-electron chi connectivity index (χ4n) is 7.55. The Morgan fingerprint density at radius 2 is 1.11 bits per heavy atom. The number of fused-ring (bicyclic) bond motifs is 7. The van der Waals surface area contributed by atoms with Gasteiger partial charge < -0.3 is 9.47 Å². The van der Waals surface area contributed by atoms with Crippen LogP contribution in [0.3, 0.4) is 0 Å². The van der Waals surface area contributed by atoms with Crippen LogP contribution in [-0.4, -0.2) is 4.57 Å². The lowest BCUT2D eigenvalue weighted by molar-refractivity contribution is 0.632. The fraction of sp³-hybridized carbons (Fsp3) is 0.0698. The first-order valence-corrected chi connectivity index (χ1v) is 15.7. The van der Waals surface area contributed by atoms with Gasteiger partial charge in [-0.2, -0.15) is 0 Å². The van der Waals surface area contributed by atoms with Gasteiger partial charge in [0.1, 0.15) is 0 Å². The Bertz CT molecular complexity index is 2380.